The van der Waals surface area contributed by atoms with Gasteiger partial charge in [0.15, 0.2) is 5.43 Å². The standard InChI is InChI=1S/C10H11N3O/c1-12-7-9(6-11-12)8-13-4-2-10(14)3-5-13/h2-7H,8H2,1H3. The van der Waals surface area contributed by atoms with E-state index in [4.69, 9.17) is 0 Å². The van der Waals surface area contributed by atoms with Gasteiger partial charge in [-0.05, 0) is 0 Å². The van der Waals surface area contributed by atoms with E-state index in [2.05, 4.69) is 5.10 Å². The second kappa shape index (κ2) is 3.49. The van der Waals surface area contributed by atoms with Gasteiger partial charge >= 0.3 is 0 Å². The molecule has 14 heavy (non-hydrogen) atoms. The Kier molecular flexibility index (Phi) is 2.18. The number of hydrogen-bond acceptors (Lipinski definition) is 2. The van der Waals surface area contributed by atoms with Crippen molar-refractivity contribution in [1.29, 1.82) is 0 Å². The summed E-state index contributed by atoms with van der Waals surface area (Å²) in [6, 6.07) is 3.10. The molecule has 0 radical (unpaired) electrons. The van der Waals surface area contributed by atoms with Crippen molar-refractivity contribution in [1.82, 2.24) is 14.3 Å². The van der Waals surface area contributed by atoms with Crippen LogP contribution >= 0.6 is 0 Å². The van der Waals surface area contributed by atoms with E-state index in [0.717, 1.165) is 12.1 Å². The molecule has 0 aliphatic carbocycles. The maximum Gasteiger partial charge on any atom is 0.181 e. The summed E-state index contributed by atoms with van der Waals surface area (Å²) < 4.78 is 3.70. The first-order valence-corrected chi connectivity index (χ1v) is 4.38. The number of rotatable bonds is 2. The molecule has 4 heteroatoms. The number of pyridine rings is 1. The minimum Gasteiger partial charge on any atom is -0.350 e. The Balaban J connectivity index is 2.19. The molecule has 0 aromatic carbocycles. The van der Waals surface area contributed by atoms with Crippen LogP contribution in [0.1, 0.15) is 5.56 Å². The molecule has 0 saturated carbocycles. The van der Waals surface area contributed by atoms with E-state index in [0.29, 0.717) is 0 Å². The molecular formula is C10H11N3O. The van der Waals surface area contributed by atoms with Crippen LogP contribution in [0.5, 0.6) is 0 Å². The van der Waals surface area contributed by atoms with Crippen LogP contribution in [0, 0.1) is 0 Å². The van der Waals surface area contributed by atoms with Gasteiger partial charge in [0, 0.05) is 43.3 Å². The largest absolute Gasteiger partial charge is 0.350 e. The number of aryl methyl sites for hydroxylation is 1. The van der Waals surface area contributed by atoms with Gasteiger partial charge in [-0.1, -0.05) is 0 Å². The predicted octanol–water partition coefficient (Wildman–Crippen LogP) is 0.630. The minimum absolute atomic E-state index is 0.0347. The molecule has 0 fully saturated rings. The Morgan fingerprint density at radius 2 is 2.07 bits per heavy atom. The fourth-order valence-corrected chi connectivity index (χ4v) is 1.31. The average Bonchev–Trinajstić information content (AvgIpc) is 2.56. The molecule has 72 valence electrons. The van der Waals surface area contributed by atoms with E-state index in [1.165, 1.54) is 0 Å². The topological polar surface area (TPSA) is 39.8 Å². The summed E-state index contributed by atoms with van der Waals surface area (Å²) in [6.07, 6.45) is 7.32. The quantitative estimate of drug-likeness (QED) is 0.695. The Morgan fingerprint density at radius 1 is 1.36 bits per heavy atom. The number of aromatic nitrogens is 3. The summed E-state index contributed by atoms with van der Waals surface area (Å²) in [5.74, 6) is 0. The van der Waals surface area contributed by atoms with Gasteiger partial charge in [-0.2, -0.15) is 5.10 Å². The average molecular weight is 189 g/mol. The first-order chi connectivity index (χ1) is 6.74. The van der Waals surface area contributed by atoms with E-state index >= 15 is 0 Å². The highest BCUT2D eigenvalue weighted by atomic mass is 16.1. The van der Waals surface area contributed by atoms with Crippen molar-refractivity contribution < 1.29 is 0 Å². The summed E-state index contributed by atoms with van der Waals surface area (Å²) in [7, 11) is 1.88. The Bertz CT molecular complexity index is 464. The Morgan fingerprint density at radius 3 is 2.64 bits per heavy atom. The summed E-state index contributed by atoms with van der Waals surface area (Å²) in [4.78, 5) is 10.8. The van der Waals surface area contributed by atoms with Gasteiger partial charge in [0.25, 0.3) is 0 Å². The normalized spacial score (nSPS) is 10.4. The van der Waals surface area contributed by atoms with Crippen LogP contribution in [0.2, 0.25) is 0 Å². The van der Waals surface area contributed by atoms with Crippen LogP contribution in [0.15, 0.2) is 41.7 Å². The second-order valence-electron chi connectivity index (χ2n) is 3.23. The molecular weight excluding hydrogens is 178 g/mol. The lowest BCUT2D eigenvalue weighted by Gasteiger charge is -2.01. The SMILES string of the molecule is Cn1cc(Cn2ccc(=O)cc2)cn1. The number of nitrogens with zero attached hydrogens (tertiary/aromatic N) is 3. The van der Waals surface area contributed by atoms with Crippen LogP contribution in [-0.4, -0.2) is 14.3 Å². The van der Waals surface area contributed by atoms with E-state index in [9.17, 15) is 4.79 Å². The van der Waals surface area contributed by atoms with Crippen molar-refractivity contribution in [2.24, 2.45) is 7.05 Å². The third-order valence-electron chi connectivity index (χ3n) is 1.98. The van der Waals surface area contributed by atoms with Crippen LogP contribution in [-0.2, 0) is 13.6 Å². The molecule has 0 aliphatic rings. The molecule has 0 spiro atoms. The second-order valence-corrected chi connectivity index (χ2v) is 3.23. The maximum atomic E-state index is 10.8. The highest BCUT2D eigenvalue weighted by molar-refractivity contribution is 5.05. The Hall–Kier alpha value is -1.84. The lowest BCUT2D eigenvalue weighted by molar-refractivity contribution is 0.760. The van der Waals surface area contributed by atoms with Gasteiger partial charge in [0.05, 0.1) is 12.7 Å². The highest BCUT2D eigenvalue weighted by Gasteiger charge is 1.95. The van der Waals surface area contributed by atoms with Crippen LogP contribution in [0.25, 0.3) is 0 Å². The zero-order valence-corrected chi connectivity index (χ0v) is 7.92. The lowest BCUT2D eigenvalue weighted by Crippen LogP contribution is -2.04. The van der Waals surface area contributed by atoms with Gasteiger partial charge in [0.2, 0.25) is 0 Å². The molecule has 2 heterocycles. The van der Waals surface area contributed by atoms with Gasteiger partial charge in [-0.15, -0.1) is 0 Å². The predicted molar refractivity (Wildman–Crippen MR) is 53.0 cm³/mol. The maximum absolute atomic E-state index is 10.8. The molecule has 0 N–H and O–H groups in total. The smallest absolute Gasteiger partial charge is 0.181 e. The monoisotopic (exact) mass is 189 g/mol. The summed E-state index contributed by atoms with van der Waals surface area (Å²) in [6.45, 7) is 0.744. The molecule has 2 aromatic rings. The number of hydrogen-bond donors (Lipinski definition) is 0. The molecule has 0 saturated heterocycles. The molecule has 2 aromatic heterocycles. The van der Waals surface area contributed by atoms with Gasteiger partial charge in [-0.25, -0.2) is 0 Å². The van der Waals surface area contributed by atoms with Crippen molar-refractivity contribution in [3.8, 4) is 0 Å². The van der Waals surface area contributed by atoms with Crippen molar-refractivity contribution >= 4 is 0 Å². The molecule has 2 rings (SSSR count). The first kappa shape index (κ1) is 8.74. The molecule has 4 nitrogen and oxygen atoms in total. The lowest BCUT2D eigenvalue weighted by atomic mass is 10.3. The molecule has 0 unspecified atom stereocenters. The van der Waals surface area contributed by atoms with E-state index in [1.807, 2.05) is 24.0 Å². The fraction of sp³-hybridized carbons (Fsp3) is 0.200. The summed E-state index contributed by atoms with van der Waals surface area (Å²) in [5.41, 5.74) is 1.16. The highest BCUT2D eigenvalue weighted by Crippen LogP contribution is 1.99. The van der Waals surface area contributed by atoms with Crippen molar-refractivity contribution in [3.63, 3.8) is 0 Å². The third-order valence-corrected chi connectivity index (χ3v) is 1.98. The van der Waals surface area contributed by atoms with Gasteiger partial charge < -0.3 is 4.57 Å². The van der Waals surface area contributed by atoms with Gasteiger partial charge in [-0.3, -0.25) is 9.48 Å². The van der Waals surface area contributed by atoms with Crippen molar-refractivity contribution in [2.45, 2.75) is 6.54 Å². The molecule has 0 atom stereocenters. The minimum atomic E-state index is 0.0347. The molecule has 0 amide bonds. The zero-order valence-electron chi connectivity index (χ0n) is 7.92. The molecule has 0 bridgehead atoms. The molecule has 0 aliphatic heterocycles. The van der Waals surface area contributed by atoms with Gasteiger partial charge in [0.1, 0.15) is 0 Å². The fourth-order valence-electron chi connectivity index (χ4n) is 1.31. The Labute approximate surface area is 81.4 Å². The van der Waals surface area contributed by atoms with E-state index in [-0.39, 0.29) is 5.43 Å². The van der Waals surface area contributed by atoms with Crippen LogP contribution < -0.4 is 5.43 Å². The van der Waals surface area contributed by atoms with Crippen molar-refractivity contribution in [3.05, 3.63) is 52.7 Å². The summed E-state index contributed by atoms with van der Waals surface area (Å²) >= 11 is 0. The summed E-state index contributed by atoms with van der Waals surface area (Å²) in [5, 5.41) is 4.07. The first-order valence-electron chi connectivity index (χ1n) is 4.38. The van der Waals surface area contributed by atoms with Crippen LogP contribution in [0.4, 0.5) is 0 Å². The zero-order chi connectivity index (χ0) is 9.97. The van der Waals surface area contributed by atoms with Crippen LogP contribution in [0.3, 0.4) is 0 Å². The van der Waals surface area contributed by atoms with Crippen molar-refractivity contribution in [2.75, 3.05) is 0 Å². The van der Waals surface area contributed by atoms with E-state index in [1.54, 1.807) is 29.2 Å². The van der Waals surface area contributed by atoms with E-state index < -0.39 is 0 Å². The third kappa shape index (κ3) is 1.90.